The Morgan fingerprint density at radius 2 is 1.85 bits per heavy atom. The van der Waals surface area contributed by atoms with Crippen LogP contribution in [-0.2, 0) is 19.4 Å². The molecule has 0 fully saturated rings. The Balaban J connectivity index is 1.25. The quantitative estimate of drug-likeness (QED) is 0.545. The summed E-state index contributed by atoms with van der Waals surface area (Å²) < 4.78 is 7.38. The van der Waals surface area contributed by atoms with Crippen LogP contribution in [0.4, 0.5) is 0 Å². The highest BCUT2D eigenvalue weighted by Gasteiger charge is 2.19. The third kappa shape index (κ3) is 5.99. The second-order valence-corrected chi connectivity index (χ2v) is 8.61. The summed E-state index contributed by atoms with van der Waals surface area (Å²) in [6, 6.07) is 17.9. The lowest BCUT2D eigenvalue weighted by Gasteiger charge is -2.22. The van der Waals surface area contributed by atoms with Crippen molar-refractivity contribution in [2.24, 2.45) is 0 Å². The third-order valence-electron chi connectivity index (χ3n) is 6.43. The minimum Gasteiger partial charge on any atom is -0.497 e. The molecule has 0 saturated carbocycles. The second-order valence-electron chi connectivity index (χ2n) is 8.61. The van der Waals surface area contributed by atoms with Crippen molar-refractivity contribution in [3.05, 3.63) is 77.4 Å². The molecular weight excluding hydrogens is 414 g/mol. The van der Waals surface area contributed by atoms with Gasteiger partial charge in [-0.2, -0.15) is 0 Å². The summed E-state index contributed by atoms with van der Waals surface area (Å²) in [5.74, 6) is 3.19. The van der Waals surface area contributed by atoms with Crippen molar-refractivity contribution in [3.8, 4) is 5.75 Å². The van der Waals surface area contributed by atoms with Gasteiger partial charge in [-0.3, -0.25) is 4.79 Å². The molecule has 0 saturated heterocycles. The normalized spacial score (nSPS) is 14.8. The molecule has 2 aromatic carbocycles. The lowest BCUT2D eigenvalue weighted by molar-refractivity contribution is 0.0954. The Bertz CT molecular complexity index is 1030. The standard InChI is InChI=1S/C26H33N5O2/c1-20(21-6-4-3-5-7-21)13-16-30-17-14-25-29-28-24(31(25)19-18-30)12-15-27-26(32)22-8-10-23(33-2)11-9-22/h3-11,20H,12-19H2,1-2H3,(H,27,32)/t20-/m0/s1. The number of benzene rings is 2. The Kier molecular flexibility index (Phi) is 7.73. The van der Waals surface area contributed by atoms with Gasteiger partial charge in [0.25, 0.3) is 5.91 Å². The number of aromatic nitrogens is 3. The third-order valence-corrected chi connectivity index (χ3v) is 6.43. The molecule has 4 rings (SSSR count). The Morgan fingerprint density at radius 1 is 1.06 bits per heavy atom. The number of methoxy groups -OCH3 is 1. The van der Waals surface area contributed by atoms with E-state index >= 15 is 0 Å². The number of hydrogen-bond donors (Lipinski definition) is 1. The van der Waals surface area contributed by atoms with E-state index < -0.39 is 0 Å². The number of rotatable bonds is 9. The lowest BCUT2D eigenvalue weighted by atomic mass is 9.98. The molecule has 1 aliphatic rings. The van der Waals surface area contributed by atoms with Gasteiger partial charge in [0.1, 0.15) is 17.4 Å². The summed E-state index contributed by atoms with van der Waals surface area (Å²) in [5.41, 5.74) is 2.03. The van der Waals surface area contributed by atoms with Crippen LogP contribution in [0, 0.1) is 0 Å². The molecule has 1 atom stereocenters. The minimum atomic E-state index is -0.0908. The van der Waals surface area contributed by atoms with Gasteiger partial charge in [0.2, 0.25) is 0 Å². The molecule has 0 radical (unpaired) electrons. The van der Waals surface area contributed by atoms with Crippen molar-refractivity contribution >= 4 is 5.91 Å². The average molecular weight is 448 g/mol. The van der Waals surface area contributed by atoms with E-state index in [0.717, 1.165) is 56.4 Å². The molecule has 0 spiro atoms. The predicted octanol–water partition coefficient (Wildman–Crippen LogP) is 3.31. The van der Waals surface area contributed by atoms with Gasteiger partial charge in [-0.25, -0.2) is 0 Å². The van der Waals surface area contributed by atoms with E-state index in [1.165, 1.54) is 5.56 Å². The number of fused-ring (bicyclic) bond motifs is 1. The van der Waals surface area contributed by atoms with Crippen LogP contribution in [-0.4, -0.2) is 58.9 Å². The van der Waals surface area contributed by atoms with E-state index in [0.29, 0.717) is 24.4 Å². The summed E-state index contributed by atoms with van der Waals surface area (Å²) in [4.78, 5) is 14.9. The Hall–Kier alpha value is -3.19. The van der Waals surface area contributed by atoms with E-state index in [4.69, 9.17) is 4.74 Å². The Morgan fingerprint density at radius 3 is 2.61 bits per heavy atom. The van der Waals surface area contributed by atoms with Gasteiger partial charge >= 0.3 is 0 Å². The topological polar surface area (TPSA) is 72.3 Å². The van der Waals surface area contributed by atoms with Gasteiger partial charge in [-0.1, -0.05) is 37.3 Å². The van der Waals surface area contributed by atoms with Crippen LogP contribution in [0.5, 0.6) is 5.75 Å². The molecule has 2 heterocycles. The Labute approximate surface area is 195 Å². The largest absolute Gasteiger partial charge is 0.497 e. The number of ether oxygens (including phenoxy) is 1. The maximum atomic E-state index is 12.4. The van der Waals surface area contributed by atoms with E-state index in [2.05, 4.69) is 62.2 Å². The van der Waals surface area contributed by atoms with Gasteiger partial charge in [0.15, 0.2) is 0 Å². The summed E-state index contributed by atoms with van der Waals surface area (Å²) in [6.45, 7) is 6.82. The fraction of sp³-hybridized carbons (Fsp3) is 0.423. The SMILES string of the molecule is COc1ccc(C(=O)NCCc2nnc3n2CCN(CC[C@H](C)c2ccccc2)CC3)cc1. The van der Waals surface area contributed by atoms with Crippen LogP contribution in [0.2, 0.25) is 0 Å². The maximum Gasteiger partial charge on any atom is 0.251 e. The van der Waals surface area contributed by atoms with E-state index in [1.54, 1.807) is 31.4 Å². The predicted molar refractivity (Wildman–Crippen MR) is 129 cm³/mol. The minimum absolute atomic E-state index is 0.0908. The highest BCUT2D eigenvalue weighted by Crippen LogP contribution is 2.19. The molecule has 1 N–H and O–H groups in total. The monoisotopic (exact) mass is 447 g/mol. The number of nitrogens with one attached hydrogen (secondary N) is 1. The molecule has 7 heteroatoms. The zero-order valence-electron chi connectivity index (χ0n) is 19.5. The highest BCUT2D eigenvalue weighted by atomic mass is 16.5. The van der Waals surface area contributed by atoms with Gasteiger partial charge in [0, 0.05) is 44.6 Å². The first kappa shape index (κ1) is 23.0. The van der Waals surface area contributed by atoms with Crippen molar-refractivity contribution in [1.82, 2.24) is 25.0 Å². The number of hydrogen-bond acceptors (Lipinski definition) is 5. The number of nitrogens with zero attached hydrogens (tertiary/aromatic N) is 4. The number of carbonyl (C=O) groups excluding carboxylic acids is 1. The molecule has 7 nitrogen and oxygen atoms in total. The van der Waals surface area contributed by atoms with Crippen LogP contribution in [0.15, 0.2) is 54.6 Å². The summed E-state index contributed by atoms with van der Waals surface area (Å²) in [5, 5.41) is 11.8. The molecule has 1 aromatic heterocycles. The van der Waals surface area contributed by atoms with Crippen molar-refractivity contribution in [3.63, 3.8) is 0 Å². The molecule has 1 aliphatic heterocycles. The van der Waals surface area contributed by atoms with Crippen molar-refractivity contribution in [2.45, 2.75) is 38.6 Å². The van der Waals surface area contributed by atoms with E-state index in [-0.39, 0.29) is 5.91 Å². The first-order chi connectivity index (χ1) is 16.1. The van der Waals surface area contributed by atoms with Crippen LogP contribution in [0.3, 0.4) is 0 Å². The number of carbonyl (C=O) groups is 1. The molecule has 33 heavy (non-hydrogen) atoms. The van der Waals surface area contributed by atoms with E-state index in [9.17, 15) is 4.79 Å². The summed E-state index contributed by atoms with van der Waals surface area (Å²) >= 11 is 0. The molecule has 0 aliphatic carbocycles. The molecule has 0 unspecified atom stereocenters. The van der Waals surface area contributed by atoms with Crippen molar-refractivity contribution < 1.29 is 9.53 Å². The van der Waals surface area contributed by atoms with Crippen molar-refractivity contribution in [1.29, 1.82) is 0 Å². The highest BCUT2D eigenvalue weighted by molar-refractivity contribution is 5.94. The maximum absolute atomic E-state index is 12.4. The summed E-state index contributed by atoms with van der Waals surface area (Å²) in [7, 11) is 1.61. The van der Waals surface area contributed by atoms with Crippen molar-refractivity contribution in [2.75, 3.05) is 33.3 Å². The zero-order chi connectivity index (χ0) is 23.0. The van der Waals surface area contributed by atoms with E-state index in [1.807, 2.05) is 0 Å². The van der Waals surface area contributed by atoms with Crippen LogP contribution in [0.1, 0.15) is 46.8 Å². The second kappa shape index (κ2) is 11.1. The first-order valence-electron chi connectivity index (χ1n) is 11.7. The lowest BCUT2D eigenvalue weighted by Crippen LogP contribution is -2.29. The molecular formula is C26H33N5O2. The molecule has 1 amide bonds. The first-order valence-corrected chi connectivity index (χ1v) is 11.7. The van der Waals surface area contributed by atoms with Crippen LogP contribution < -0.4 is 10.1 Å². The zero-order valence-corrected chi connectivity index (χ0v) is 19.5. The smallest absolute Gasteiger partial charge is 0.251 e. The number of amides is 1. The van der Waals surface area contributed by atoms with Crippen LogP contribution >= 0.6 is 0 Å². The average Bonchev–Trinajstić information content (AvgIpc) is 3.13. The van der Waals surface area contributed by atoms with Gasteiger partial charge in [-0.15, -0.1) is 10.2 Å². The molecule has 174 valence electrons. The van der Waals surface area contributed by atoms with Gasteiger partial charge in [-0.05, 0) is 48.7 Å². The molecule has 3 aromatic rings. The van der Waals surface area contributed by atoms with Gasteiger partial charge < -0.3 is 19.5 Å². The fourth-order valence-corrected chi connectivity index (χ4v) is 4.29. The molecule has 0 bridgehead atoms. The van der Waals surface area contributed by atoms with Crippen LogP contribution in [0.25, 0.3) is 0 Å². The van der Waals surface area contributed by atoms with Gasteiger partial charge in [0.05, 0.1) is 7.11 Å². The summed E-state index contributed by atoms with van der Waals surface area (Å²) in [6.07, 6.45) is 2.72. The fourth-order valence-electron chi connectivity index (χ4n) is 4.29.